The second-order valence-electron chi connectivity index (χ2n) is 6.33. The van der Waals surface area contributed by atoms with E-state index in [4.69, 9.17) is 4.18 Å². The number of rotatable bonds is 4. The molecule has 27 heavy (non-hydrogen) atoms. The molecule has 0 unspecified atom stereocenters. The lowest BCUT2D eigenvalue weighted by molar-refractivity contribution is 0.216. The van der Waals surface area contributed by atoms with Gasteiger partial charge in [0.15, 0.2) is 5.65 Å². The number of pyridine rings is 1. The molecule has 1 aliphatic rings. The maximum atomic E-state index is 13.2. The molecule has 0 saturated carbocycles. The molecule has 4 aromatic rings. The maximum Gasteiger partial charge on any atom is 0.264 e. The summed E-state index contributed by atoms with van der Waals surface area (Å²) < 4.78 is 10.5. The summed E-state index contributed by atoms with van der Waals surface area (Å²) in [7, 11) is 0. The van der Waals surface area contributed by atoms with Crippen molar-refractivity contribution in [3.8, 4) is 0 Å². The van der Waals surface area contributed by atoms with E-state index in [9.17, 15) is 4.79 Å². The quantitative estimate of drug-likeness (QED) is 0.474. The van der Waals surface area contributed by atoms with Gasteiger partial charge in [-0.3, -0.25) is 14.3 Å². The molecular formula is C16H18N8O2S. The lowest BCUT2D eigenvalue weighted by Crippen LogP contribution is -2.36. The van der Waals surface area contributed by atoms with E-state index in [0.717, 1.165) is 30.0 Å². The average molecular weight is 386 g/mol. The van der Waals surface area contributed by atoms with Crippen molar-refractivity contribution in [1.29, 1.82) is 0 Å². The molecule has 140 valence electrons. The molecule has 1 fully saturated rings. The Kier molecular flexibility index (Phi) is 4.06. The highest BCUT2D eigenvalue weighted by Crippen LogP contribution is 2.22. The molecule has 4 aromatic heterocycles. The molecule has 5 rings (SSSR count). The van der Waals surface area contributed by atoms with Crippen LogP contribution >= 0.6 is 12.0 Å². The van der Waals surface area contributed by atoms with E-state index in [1.807, 2.05) is 6.92 Å². The zero-order valence-corrected chi connectivity index (χ0v) is 15.6. The lowest BCUT2D eigenvalue weighted by Gasteiger charge is -2.25. The van der Waals surface area contributed by atoms with E-state index >= 15 is 0 Å². The lowest BCUT2D eigenvalue weighted by atomic mass is 10.2. The molecule has 0 spiro atoms. The molecule has 10 nitrogen and oxygen atoms in total. The van der Waals surface area contributed by atoms with Crippen molar-refractivity contribution in [3.05, 3.63) is 29.1 Å². The van der Waals surface area contributed by atoms with E-state index in [1.165, 1.54) is 18.4 Å². The van der Waals surface area contributed by atoms with Crippen LogP contribution in [-0.2, 0) is 17.3 Å². The third-order valence-electron chi connectivity index (χ3n) is 4.85. The Morgan fingerprint density at radius 1 is 1.19 bits per heavy atom. The molecule has 0 bridgehead atoms. The first-order chi connectivity index (χ1) is 13.3. The summed E-state index contributed by atoms with van der Waals surface area (Å²) in [5.74, 6) is 1.33. The maximum absolute atomic E-state index is 13.2. The summed E-state index contributed by atoms with van der Waals surface area (Å²) >= 11 is 1.44. The second-order valence-corrected chi connectivity index (χ2v) is 7.06. The van der Waals surface area contributed by atoms with Gasteiger partial charge < -0.3 is 4.18 Å². The van der Waals surface area contributed by atoms with Gasteiger partial charge in [0.1, 0.15) is 6.33 Å². The zero-order valence-electron chi connectivity index (χ0n) is 14.8. The highest BCUT2D eigenvalue weighted by atomic mass is 32.2. The number of hydrogen-bond donors (Lipinski definition) is 0. The molecule has 0 amide bonds. The molecule has 0 radical (unpaired) electrons. The number of fused-ring (bicyclic) bond motifs is 5. The first-order valence-corrected chi connectivity index (χ1v) is 9.72. The largest absolute Gasteiger partial charge is 0.313 e. The van der Waals surface area contributed by atoms with Crippen LogP contribution in [0.15, 0.2) is 23.5 Å². The fourth-order valence-electron chi connectivity index (χ4n) is 3.46. The zero-order chi connectivity index (χ0) is 18.4. The van der Waals surface area contributed by atoms with Gasteiger partial charge in [-0.15, -0.1) is 0 Å². The van der Waals surface area contributed by atoms with Gasteiger partial charge in [-0.1, -0.05) is 0 Å². The Morgan fingerprint density at radius 3 is 2.93 bits per heavy atom. The third-order valence-corrected chi connectivity index (χ3v) is 5.65. The van der Waals surface area contributed by atoms with Gasteiger partial charge in [0.25, 0.3) is 5.56 Å². The van der Waals surface area contributed by atoms with Gasteiger partial charge in [-0.05, 0) is 6.92 Å². The number of nitrogens with zero attached hydrogens (tertiary/aromatic N) is 8. The average Bonchev–Trinajstić information content (AvgIpc) is 3.35. The first kappa shape index (κ1) is 16.7. The Balaban J connectivity index is 1.68. The standard InChI is InChI=1S/C16H18N8O2S/c1-2-23-14-11(8-19-23)13-12(7-17-14)15(25)22(16-18-9-20-24(13)16)4-3-21-5-6-26-27-10-21/h7-9H,2-6,10H2,1H3. The van der Waals surface area contributed by atoms with Crippen LogP contribution in [0.1, 0.15) is 6.92 Å². The third kappa shape index (κ3) is 2.61. The summed E-state index contributed by atoms with van der Waals surface area (Å²) in [5.41, 5.74) is 1.34. The van der Waals surface area contributed by atoms with E-state index in [1.54, 1.807) is 26.2 Å². The molecule has 5 heterocycles. The molecule has 0 N–H and O–H groups in total. The SMILES string of the molecule is CCn1ncc2c1ncc1c(=O)n(CCN3CCOSC3)c3ncnn3c12. The fraction of sp³-hybridized carbons (Fsp3) is 0.438. The van der Waals surface area contributed by atoms with Crippen molar-refractivity contribution in [2.24, 2.45) is 0 Å². The molecule has 0 aliphatic carbocycles. The van der Waals surface area contributed by atoms with E-state index in [-0.39, 0.29) is 5.56 Å². The summed E-state index contributed by atoms with van der Waals surface area (Å²) in [5, 5.41) is 10.1. The van der Waals surface area contributed by atoms with Crippen LogP contribution in [0.5, 0.6) is 0 Å². The van der Waals surface area contributed by atoms with Crippen LogP contribution < -0.4 is 5.56 Å². The first-order valence-electron chi connectivity index (χ1n) is 8.81. The van der Waals surface area contributed by atoms with Crippen LogP contribution in [0, 0.1) is 0 Å². The summed E-state index contributed by atoms with van der Waals surface area (Å²) in [4.78, 5) is 24.3. The van der Waals surface area contributed by atoms with Crippen LogP contribution in [0.3, 0.4) is 0 Å². The fourth-order valence-corrected chi connectivity index (χ4v) is 4.14. The predicted molar refractivity (Wildman–Crippen MR) is 101 cm³/mol. The molecule has 0 aromatic carbocycles. The topological polar surface area (TPSA) is 95.4 Å². The summed E-state index contributed by atoms with van der Waals surface area (Å²) in [6, 6.07) is 0. The Hall–Kier alpha value is -2.50. The minimum atomic E-state index is -0.106. The summed E-state index contributed by atoms with van der Waals surface area (Å²) in [6.45, 7) is 5.54. The van der Waals surface area contributed by atoms with Crippen molar-refractivity contribution < 1.29 is 4.18 Å². The highest BCUT2D eigenvalue weighted by Gasteiger charge is 2.19. The van der Waals surface area contributed by atoms with Gasteiger partial charge in [0.2, 0.25) is 5.78 Å². The van der Waals surface area contributed by atoms with Crippen molar-refractivity contribution in [2.75, 3.05) is 25.6 Å². The molecule has 1 saturated heterocycles. The van der Waals surface area contributed by atoms with Crippen LogP contribution in [0.2, 0.25) is 0 Å². The minimum Gasteiger partial charge on any atom is -0.313 e. The summed E-state index contributed by atoms with van der Waals surface area (Å²) in [6.07, 6.45) is 4.84. The normalized spacial score (nSPS) is 16.0. The van der Waals surface area contributed by atoms with Crippen molar-refractivity contribution in [3.63, 3.8) is 0 Å². The van der Waals surface area contributed by atoms with Gasteiger partial charge >= 0.3 is 0 Å². The van der Waals surface area contributed by atoms with Crippen molar-refractivity contribution in [2.45, 2.75) is 20.0 Å². The number of aromatic nitrogens is 7. The number of aryl methyl sites for hydroxylation is 1. The second kappa shape index (κ2) is 6.59. The van der Waals surface area contributed by atoms with Gasteiger partial charge in [-0.2, -0.15) is 19.7 Å². The van der Waals surface area contributed by atoms with Crippen molar-refractivity contribution in [1.82, 2.24) is 38.8 Å². The monoisotopic (exact) mass is 386 g/mol. The molecule has 0 atom stereocenters. The van der Waals surface area contributed by atoms with Crippen LogP contribution in [0.4, 0.5) is 0 Å². The smallest absolute Gasteiger partial charge is 0.264 e. The Labute approximate surface area is 157 Å². The van der Waals surface area contributed by atoms with Gasteiger partial charge in [0, 0.05) is 44.4 Å². The van der Waals surface area contributed by atoms with Gasteiger partial charge in [0.05, 0.1) is 35.0 Å². The molecule has 1 aliphatic heterocycles. The van der Waals surface area contributed by atoms with E-state index in [2.05, 4.69) is 25.1 Å². The van der Waals surface area contributed by atoms with Crippen LogP contribution in [0.25, 0.3) is 27.7 Å². The number of hydrogen-bond acceptors (Lipinski definition) is 8. The van der Waals surface area contributed by atoms with E-state index in [0.29, 0.717) is 36.4 Å². The Morgan fingerprint density at radius 2 is 2.11 bits per heavy atom. The molecular weight excluding hydrogens is 368 g/mol. The molecule has 11 heteroatoms. The minimum absolute atomic E-state index is 0.106. The highest BCUT2D eigenvalue weighted by molar-refractivity contribution is 7.94. The predicted octanol–water partition coefficient (Wildman–Crippen LogP) is 0.747. The van der Waals surface area contributed by atoms with Crippen molar-refractivity contribution >= 4 is 39.8 Å². The van der Waals surface area contributed by atoms with E-state index < -0.39 is 0 Å². The van der Waals surface area contributed by atoms with Gasteiger partial charge in [-0.25, -0.2) is 9.67 Å². The Bertz CT molecular complexity index is 1190. The van der Waals surface area contributed by atoms with Crippen LogP contribution in [-0.4, -0.2) is 64.4 Å².